The van der Waals surface area contributed by atoms with Crippen LogP contribution in [0.2, 0.25) is 0 Å². The molecule has 0 radical (unpaired) electrons. The van der Waals surface area contributed by atoms with Gasteiger partial charge in [-0.15, -0.1) is 0 Å². The Balaban J connectivity index is 2.00. The molecule has 14 heteroatoms. The van der Waals surface area contributed by atoms with Crippen LogP contribution in [0.3, 0.4) is 0 Å². The average Bonchev–Trinajstić information content (AvgIpc) is 3.13. The standard InChI is InChI=1S/C26H25F9N2O3/c1-5-18-20(21(38)36-12-13-8-15(25(30,31)32)10-16(9-13)26(33,34)35)17-7-6-14(24(27,28)29)11-19(17)37(18)22(39)40-23(2,3)4/h6-11,18,20H,5,12H2,1-4H3,(H,36,38)/t18-,20-/m1/s1. The molecule has 1 N–H and O–H groups in total. The predicted octanol–water partition coefficient (Wildman–Crippen LogP) is 7.68. The Bertz CT molecular complexity index is 1250. The lowest BCUT2D eigenvalue weighted by Crippen LogP contribution is -2.45. The van der Waals surface area contributed by atoms with E-state index in [1.165, 1.54) is 20.8 Å². The maximum Gasteiger partial charge on any atom is 0.416 e. The molecule has 40 heavy (non-hydrogen) atoms. The number of ether oxygens (including phenoxy) is 1. The molecule has 0 saturated heterocycles. The Morgan fingerprint density at radius 2 is 1.35 bits per heavy atom. The van der Waals surface area contributed by atoms with Crippen molar-refractivity contribution in [1.82, 2.24) is 5.32 Å². The van der Waals surface area contributed by atoms with Gasteiger partial charge in [-0.1, -0.05) is 13.0 Å². The molecule has 0 saturated carbocycles. The molecule has 0 bridgehead atoms. The second kappa shape index (κ2) is 10.5. The predicted molar refractivity (Wildman–Crippen MR) is 125 cm³/mol. The van der Waals surface area contributed by atoms with Crippen LogP contribution in [0.15, 0.2) is 36.4 Å². The number of halogens is 9. The summed E-state index contributed by atoms with van der Waals surface area (Å²) < 4.78 is 125. The van der Waals surface area contributed by atoms with Crippen LogP contribution >= 0.6 is 0 Å². The van der Waals surface area contributed by atoms with Gasteiger partial charge in [-0.3, -0.25) is 9.69 Å². The van der Waals surface area contributed by atoms with E-state index in [0.717, 1.165) is 11.0 Å². The summed E-state index contributed by atoms with van der Waals surface area (Å²) in [5.74, 6) is -2.20. The van der Waals surface area contributed by atoms with Crippen LogP contribution in [-0.4, -0.2) is 23.6 Å². The Kier molecular flexibility index (Phi) is 8.17. The molecular formula is C26H25F9N2O3. The van der Waals surface area contributed by atoms with Crippen molar-refractivity contribution in [2.24, 2.45) is 0 Å². The van der Waals surface area contributed by atoms with Gasteiger partial charge in [0.2, 0.25) is 5.91 Å². The van der Waals surface area contributed by atoms with Crippen molar-refractivity contribution < 1.29 is 53.8 Å². The van der Waals surface area contributed by atoms with Crippen molar-refractivity contribution in [3.05, 3.63) is 64.2 Å². The van der Waals surface area contributed by atoms with Gasteiger partial charge in [0.15, 0.2) is 0 Å². The number of amides is 2. The number of nitrogens with one attached hydrogen (secondary N) is 1. The van der Waals surface area contributed by atoms with Crippen LogP contribution in [0.1, 0.15) is 67.9 Å². The highest BCUT2D eigenvalue weighted by atomic mass is 19.4. The lowest BCUT2D eigenvalue weighted by Gasteiger charge is -2.30. The van der Waals surface area contributed by atoms with Gasteiger partial charge in [0.1, 0.15) is 5.60 Å². The SMILES string of the molecule is CC[C@@H]1[C@H](C(=O)NCc2cc(C(F)(F)F)cc(C(F)(F)F)c2)c2ccc(C(F)(F)F)cc2N1C(=O)OC(C)(C)C. The lowest BCUT2D eigenvalue weighted by molar-refractivity contribution is -0.143. The number of anilines is 1. The monoisotopic (exact) mass is 584 g/mol. The van der Waals surface area contributed by atoms with Crippen LogP contribution in [0.4, 0.5) is 50.0 Å². The zero-order chi connectivity index (χ0) is 30.4. The molecule has 2 aromatic rings. The highest BCUT2D eigenvalue weighted by Gasteiger charge is 2.47. The molecule has 1 heterocycles. The van der Waals surface area contributed by atoms with Crippen molar-refractivity contribution in [3.8, 4) is 0 Å². The Morgan fingerprint density at radius 1 is 0.825 bits per heavy atom. The van der Waals surface area contributed by atoms with E-state index in [9.17, 15) is 49.1 Å². The molecule has 1 aliphatic heterocycles. The third-order valence-electron chi connectivity index (χ3n) is 6.07. The van der Waals surface area contributed by atoms with E-state index in [0.29, 0.717) is 24.3 Å². The zero-order valence-electron chi connectivity index (χ0n) is 21.6. The summed E-state index contributed by atoms with van der Waals surface area (Å²) in [6, 6.07) is 2.23. The Labute approximate surface area is 223 Å². The number of rotatable bonds is 4. The topological polar surface area (TPSA) is 58.6 Å². The van der Waals surface area contributed by atoms with Crippen molar-refractivity contribution in [1.29, 1.82) is 0 Å². The summed E-state index contributed by atoms with van der Waals surface area (Å²) in [5.41, 5.74) is -6.01. The molecule has 3 rings (SSSR count). The lowest BCUT2D eigenvalue weighted by atomic mass is 9.91. The largest absolute Gasteiger partial charge is 0.443 e. The van der Waals surface area contributed by atoms with Crippen LogP contribution in [0.5, 0.6) is 0 Å². The molecule has 0 spiro atoms. The molecule has 2 aromatic carbocycles. The first kappa shape index (κ1) is 31.1. The summed E-state index contributed by atoms with van der Waals surface area (Å²) in [5, 5.41) is 2.28. The number of carbonyl (C=O) groups excluding carboxylic acids is 2. The summed E-state index contributed by atoms with van der Waals surface area (Å²) in [7, 11) is 0. The molecular weight excluding hydrogens is 559 g/mol. The molecule has 0 aliphatic carbocycles. The number of hydrogen-bond donors (Lipinski definition) is 1. The summed E-state index contributed by atoms with van der Waals surface area (Å²) in [6.45, 7) is 5.40. The zero-order valence-corrected chi connectivity index (χ0v) is 21.6. The first-order chi connectivity index (χ1) is 18.1. The highest BCUT2D eigenvalue weighted by Crippen LogP contribution is 2.46. The van der Waals surface area contributed by atoms with Gasteiger partial charge in [0, 0.05) is 6.54 Å². The minimum Gasteiger partial charge on any atom is -0.443 e. The van der Waals surface area contributed by atoms with Gasteiger partial charge in [0.25, 0.3) is 0 Å². The summed E-state index contributed by atoms with van der Waals surface area (Å²) >= 11 is 0. The fourth-order valence-corrected chi connectivity index (χ4v) is 4.43. The number of nitrogens with zero attached hydrogens (tertiary/aromatic N) is 1. The van der Waals surface area contributed by atoms with E-state index < -0.39 is 76.9 Å². The van der Waals surface area contributed by atoms with Crippen LogP contribution in [0.25, 0.3) is 0 Å². The third kappa shape index (κ3) is 6.81. The minimum atomic E-state index is -5.10. The normalized spacial score (nSPS) is 18.0. The number of benzene rings is 2. The van der Waals surface area contributed by atoms with Gasteiger partial charge in [-0.2, -0.15) is 39.5 Å². The van der Waals surface area contributed by atoms with E-state index in [1.54, 1.807) is 6.92 Å². The van der Waals surface area contributed by atoms with Crippen molar-refractivity contribution in [2.75, 3.05) is 4.90 Å². The Hall–Kier alpha value is -3.45. The first-order valence-electron chi connectivity index (χ1n) is 11.9. The smallest absolute Gasteiger partial charge is 0.416 e. The molecule has 2 amide bonds. The van der Waals surface area contributed by atoms with E-state index in [4.69, 9.17) is 4.74 Å². The summed E-state index contributed by atoms with van der Waals surface area (Å²) in [6.07, 6.45) is -15.9. The van der Waals surface area contributed by atoms with Gasteiger partial charge >= 0.3 is 24.6 Å². The molecule has 0 unspecified atom stereocenters. The number of alkyl halides is 9. The maximum absolute atomic E-state index is 13.5. The van der Waals surface area contributed by atoms with Gasteiger partial charge in [-0.25, -0.2) is 4.79 Å². The van der Waals surface area contributed by atoms with Crippen molar-refractivity contribution >= 4 is 17.7 Å². The highest BCUT2D eigenvalue weighted by molar-refractivity contribution is 5.98. The fourth-order valence-electron chi connectivity index (χ4n) is 4.43. The molecule has 0 aromatic heterocycles. The molecule has 2 atom stereocenters. The van der Waals surface area contributed by atoms with E-state index in [1.807, 2.05) is 0 Å². The summed E-state index contributed by atoms with van der Waals surface area (Å²) in [4.78, 5) is 27.3. The molecule has 5 nitrogen and oxygen atoms in total. The second-order valence-corrected chi connectivity index (χ2v) is 10.2. The van der Waals surface area contributed by atoms with Gasteiger partial charge in [-0.05, 0) is 68.7 Å². The van der Waals surface area contributed by atoms with Gasteiger partial charge in [0.05, 0.1) is 34.3 Å². The van der Waals surface area contributed by atoms with Crippen LogP contribution in [-0.2, 0) is 34.6 Å². The average molecular weight is 584 g/mol. The number of carbonyl (C=O) groups is 2. The number of hydrogen-bond acceptors (Lipinski definition) is 3. The third-order valence-corrected chi connectivity index (χ3v) is 6.07. The number of fused-ring (bicyclic) bond motifs is 1. The molecule has 1 aliphatic rings. The maximum atomic E-state index is 13.5. The first-order valence-corrected chi connectivity index (χ1v) is 11.9. The molecule has 0 fully saturated rings. The van der Waals surface area contributed by atoms with Crippen molar-refractivity contribution in [3.63, 3.8) is 0 Å². The fraction of sp³-hybridized carbons (Fsp3) is 0.462. The van der Waals surface area contributed by atoms with Crippen LogP contribution in [0, 0.1) is 0 Å². The van der Waals surface area contributed by atoms with Crippen LogP contribution < -0.4 is 10.2 Å². The Morgan fingerprint density at radius 3 is 1.80 bits per heavy atom. The van der Waals surface area contributed by atoms with E-state index in [2.05, 4.69) is 5.32 Å². The van der Waals surface area contributed by atoms with E-state index in [-0.39, 0.29) is 23.7 Å². The minimum absolute atomic E-state index is 0.0169. The van der Waals surface area contributed by atoms with Gasteiger partial charge < -0.3 is 10.1 Å². The van der Waals surface area contributed by atoms with E-state index >= 15 is 0 Å². The molecule has 220 valence electrons. The quantitative estimate of drug-likeness (QED) is 0.375. The second-order valence-electron chi connectivity index (χ2n) is 10.2. The van der Waals surface area contributed by atoms with Crippen molar-refractivity contribution in [2.45, 2.75) is 76.8 Å².